The molecule has 9 nitrogen and oxygen atoms in total. The highest BCUT2D eigenvalue weighted by atomic mass is 16.8. The van der Waals surface area contributed by atoms with E-state index in [1.54, 1.807) is 56.4 Å². The molecule has 1 saturated heterocycles. The maximum Gasteiger partial charge on any atom is 0.528 e. The van der Waals surface area contributed by atoms with Gasteiger partial charge < -0.3 is 19.0 Å². The van der Waals surface area contributed by atoms with Gasteiger partial charge in [0.15, 0.2) is 11.6 Å². The number of rotatable bonds is 6. The van der Waals surface area contributed by atoms with Crippen LogP contribution in [0.2, 0.25) is 0 Å². The molecule has 172 valence electrons. The minimum absolute atomic E-state index is 0.338. The molecule has 9 heteroatoms. The minimum atomic E-state index is -0.679. The summed E-state index contributed by atoms with van der Waals surface area (Å²) in [6.07, 6.45) is 4.23. The lowest BCUT2D eigenvalue weighted by Gasteiger charge is -2.30. The Kier molecular flexibility index (Phi) is 7.63. The summed E-state index contributed by atoms with van der Waals surface area (Å²) < 4.78 is 15.8. The Balaban J connectivity index is 1.45. The molecule has 0 bridgehead atoms. The first-order valence-corrected chi connectivity index (χ1v) is 10.5. The molecule has 2 aromatic rings. The van der Waals surface area contributed by atoms with E-state index in [1.165, 1.54) is 7.11 Å². The fourth-order valence-electron chi connectivity index (χ4n) is 3.20. The van der Waals surface area contributed by atoms with Gasteiger partial charge in [0.25, 0.3) is 0 Å². The topological polar surface area (TPSA) is 100 Å². The van der Waals surface area contributed by atoms with Gasteiger partial charge >= 0.3 is 12.1 Å². The first kappa shape index (κ1) is 23.5. The van der Waals surface area contributed by atoms with Gasteiger partial charge in [-0.25, -0.2) is 19.6 Å². The Morgan fingerprint density at radius 2 is 1.81 bits per heavy atom. The molecular weight excluding hydrogens is 414 g/mol. The molecule has 1 aliphatic rings. The molecule has 0 unspecified atom stereocenters. The summed E-state index contributed by atoms with van der Waals surface area (Å²) in [6, 6.07) is 6.95. The molecular formula is C23H29N3O6. The molecule has 0 aliphatic carbocycles. The van der Waals surface area contributed by atoms with E-state index in [2.05, 4.69) is 9.97 Å². The zero-order chi connectivity index (χ0) is 23.1. The SMILES string of the molecule is COC(=O)c1cccc(-c2ncc(OCC3CCN(OC(=O)OC(C)(C)C)CC3)cn2)c1. The van der Waals surface area contributed by atoms with Crippen molar-refractivity contribution in [3.05, 3.63) is 42.2 Å². The van der Waals surface area contributed by atoms with Gasteiger partial charge in [0.05, 0.1) is 31.7 Å². The summed E-state index contributed by atoms with van der Waals surface area (Å²) in [6.45, 7) is 7.17. The summed E-state index contributed by atoms with van der Waals surface area (Å²) in [5.41, 5.74) is 0.582. The maximum absolute atomic E-state index is 11.8. The standard InChI is InChI=1S/C23H29N3O6/c1-23(2,3)31-22(28)32-26-10-8-16(9-11-26)15-30-19-13-24-20(25-14-19)17-6-5-7-18(12-17)21(27)29-4/h5-7,12-14,16H,8-11,15H2,1-4H3. The number of benzene rings is 1. The van der Waals surface area contributed by atoms with Crippen LogP contribution in [0.1, 0.15) is 44.0 Å². The number of hydrogen-bond acceptors (Lipinski definition) is 9. The Bertz CT molecular complexity index is 918. The monoisotopic (exact) mass is 443 g/mol. The summed E-state index contributed by atoms with van der Waals surface area (Å²) in [5.74, 6) is 1.00. The van der Waals surface area contributed by atoms with E-state index in [0.29, 0.717) is 42.8 Å². The van der Waals surface area contributed by atoms with E-state index >= 15 is 0 Å². The highest BCUT2D eigenvalue weighted by Crippen LogP contribution is 2.22. The zero-order valence-corrected chi connectivity index (χ0v) is 18.9. The third kappa shape index (κ3) is 6.91. The van der Waals surface area contributed by atoms with Crippen LogP contribution in [0.15, 0.2) is 36.7 Å². The number of hydrogen-bond donors (Lipinski definition) is 0. The van der Waals surface area contributed by atoms with E-state index in [9.17, 15) is 9.59 Å². The third-order valence-electron chi connectivity index (χ3n) is 4.82. The molecule has 32 heavy (non-hydrogen) atoms. The lowest BCUT2D eigenvalue weighted by atomic mass is 9.99. The van der Waals surface area contributed by atoms with Crippen LogP contribution in [0.4, 0.5) is 4.79 Å². The van der Waals surface area contributed by atoms with Crippen molar-refractivity contribution in [3.8, 4) is 17.1 Å². The van der Waals surface area contributed by atoms with Crippen molar-refractivity contribution in [3.63, 3.8) is 0 Å². The lowest BCUT2D eigenvalue weighted by Crippen LogP contribution is -2.38. The van der Waals surface area contributed by atoms with Crippen LogP contribution in [0.3, 0.4) is 0 Å². The number of ether oxygens (including phenoxy) is 3. The average molecular weight is 444 g/mol. The van der Waals surface area contributed by atoms with Crippen molar-refractivity contribution < 1.29 is 28.6 Å². The number of methoxy groups -OCH3 is 1. The van der Waals surface area contributed by atoms with E-state index in [0.717, 1.165) is 18.4 Å². The highest BCUT2D eigenvalue weighted by molar-refractivity contribution is 5.90. The average Bonchev–Trinajstić information content (AvgIpc) is 2.77. The van der Waals surface area contributed by atoms with Gasteiger partial charge in [-0.05, 0) is 51.7 Å². The minimum Gasteiger partial charge on any atom is -0.490 e. The molecule has 0 radical (unpaired) electrons. The van der Waals surface area contributed by atoms with Crippen molar-refractivity contribution in [2.75, 3.05) is 26.8 Å². The normalized spacial score (nSPS) is 15.1. The summed E-state index contributed by atoms with van der Waals surface area (Å²) >= 11 is 0. The fraction of sp³-hybridized carbons (Fsp3) is 0.478. The second kappa shape index (κ2) is 10.4. The predicted molar refractivity (Wildman–Crippen MR) is 116 cm³/mol. The number of hydroxylamine groups is 2. The van der Waals surface area contributed by atoms with Gasteiger partial charge in [0.1, 0.15) is 5.60 Å². The molecule has 0 spiro atoms. The summed E-state index contributed by atoms with van der Waals surface area (Å²) in [7, 11) is 1.34. The smallest absolute Gasteiger partial charge is 0.490 e. The number of carbonyl (C=O) groups excluding carboxylic acids is 2. The largest absolute Gasteiger partial charge is 0.528 e. The quantitative estimate of drug-likeness (QED) is 0.616. The molecule has 3 rings (SSSR count). The number of carbonyl (C=O) groups is 2. The van der Waals surface area contributed by atoms with Crippen LogP contribution < -0.4 is 4.74 Å². The zero-order valence-electron chi connectivity index (χ0n) is 18.9. The lowest BCUT2D eigenvalue weighted by molar-refractivity contribution is -0.156. The molecule has 0 amide bonds. The van der Waals surface area contributed by atoms with Crippen molar-refractivity contribution >= 4 is 12.1 Å². The van der Waals surface area contributed by atoms with Crippen molar-refractivity contribution in [1.29, 1.82) is 0 Å². The molecule has 1 aromatic carbocycles. The molecule has 0 atom stereocenters. The molecule has 0 saturated carbocycles. The van der Waals surface area contributed by atoms with Crippen LogP contribution in [-0.2, 0) is 14.3 Å². The van der Waals surface area contributed by atoms with Gasteiger partial charge in [-0.2, -0.15) is 0 Å². The molecule has 0 N–H and O–H groups in total. The van der Waals surface area contributed by atoms with Crippen LogP contribution in [0.5, 0.6) is 5.75 Å². The van der Waals surface area contributed by atoms with Crippen LogP contribution in [-0.4, -0.2) is 59.6 Å². The third-order valence-corrected chi connectivity index (χ3v) is 4.82. The number of piperidine rings is 1. The predicted octanol–water partition coefficient (Wildman–Crippen LogP) is 3.89. The van der Waals surface area contributed by atoms with Gasteiger partial charge in [-0.3, -0.25) is 0 Å². The van der Waals surface area contributed by atoms with Crippen molar-refractivity contribution in [2.45, 2.75) is 39.2 Å². The van der Waals surface area contributed by atoms with E-state index < -0.39 is 17.7 Å². The molecule has 2 heterocycles. The van der Waals surface area contributed by atoms with Gasteiger partial charge in [0.2, 0.25) is 0 Å². The van der Waals surface area contributed by atoms with Crippen LogP contribution in [0, 0.1) is 5.92 Å². The van der Waals surface area contributed by atoms with Crippen molar-refractivity contribution in [2.24, 2.45) is 5.92 Å². The van der Waals surface area contributed by atoms with Crippen LogP contribution >= 0.6 is 0 Å². The summed E-state index contributed by atoms with van der Waals surface area (Å²) in [4.78, 5) is 37.4. The van der Waals surface area contributed by atoms with E-state index in [-0.39, 0.29) is 0 Å². The van der Waals surface area contributed by atoms with Gasteiger partial charge in [-0.15, -0.1) is 5.06 Å². The number of esters is 1. The highest BCUT2D eigenvalue weighted by Gasteiger charge is 2.25. The number of aromatic nitrogens is 2. The van der Waals surface area contributed by atoms with Crippen molar-refractivity contribution in [1.82, 2.24) is 15.0 Å². The summed E-state index contributed by atoms with van der Waals surface area (Å²) in [5, 5.41) is 1.63. The molecule has 1 aromatic heterocycles. The van der Waals surface area contributed by atoms with Crippen LogP contribution in [0.25, 0.3) is 11.4 Å². The Morgan fingerprint density at radius 3 is 2.44 bits per heavy atom. The first-order chi connectivity index (χ1) is 15.2. The fourth-order valence-corrected chi connectivity index (χ4v) is 3.20. The first-order valence-electron chi connectivity index (χ1n) is 10.5. The second-order valence-electron chi connectivity index (χ2n) is 8.55. The number of nitrogens with zero attached hydrogens (tertiary/aromatic N) is 3. The van der Waals surface area contributed by atoms with E-state index in [4.69, 9.17) is 19.0 Å². The maximum atomic E-state index is 11.8. The molecule has 1 fully saturated rings. The molecule has 1 aliphatic heterocycles. The van der Waals surface area contributed by atoms with Gasteiger partial charge in [-0.1, -0.05) is 12.1 Å². The van der Waals surface area contributed by atoms with E-state index in [1.807, 2.05) is 6.07 Å². The Labute approximate surface area is 187 Å². The Morgan fingerprint density at radius 1 is 1.12 bits per heavy atom. The Hall–Kier alpha value is -3.20. The second-order valence-corrected chi connectivity index (χ2v) is 8.55. The van der Waals surface area contributed by atoms with Gasteiger partial charge in [0, 0.05) is 18.7 Å².